The van der Waals surface area contributed by atoms with Gasteiger partial charge in [-0.15, -0.1) is 0 Å². The number of carbonyl (C=O) groups is 1. The van der Waals surface area contributed by atoms with Gasteiger partial charge in [0.2, 0.25) is 0 Å². The highest BCUT2D eigenvalue weighted by Gasteiger charge is 2.30. The summed E-state index contributed by atoms with van der Waals surface area (Å²) in [4.78, 5) is 23.9. The van der Waals surface area contributed by atoms with Gasteiger partial charge in [0.1, 0.15) is 11.3 Å². The second kappa shape index (κ2) is 4.69. The molecule has 1 fully saturated rings. The van der Waals surface area contributed by atoms with Crippen LogP contribution in [0.15, 0.2) is 28.8 Å². The summed E-state index contributed by atoms with van der Waals surface area (Å²) in [5.41, 5.74) is 1.68. The number of carbonyl (C=O) groups excluding carboxylic acids is 1. The zero-order valence-electron chi connectivity index (χ0n) is 11.8. The molecule has 0 amide bonds. The number of rotatable bonds is 3. The number of nitrogens with zero attached hydrogens (tertiary/aromatic N) is 2. The Hall–Kier alpha value is -2.63. The summed E-state index contributed by atoms with van der Waals surface area (Å²) < 4.78 is 5.87. The topological polar surface area (TPSA) is 76.6 Å². The number of non-ortho nitro benzene ring substituents is 1. The fourth-order valence-corrected chi connectivity index (χ4v) is 3.41. The van der Waals surface area contributed by atoms with Crippen molar-refractivity contribution in [2.24, 2.45) is 5.92 Å². The first-order valence-electron chi connectivity index (χ1n) is 7.29. The van der Waals surface area contributed by atoms with Crippen molar-refractivity contribution < 1.29 is 14.1 Å². The molecule has 3 aliphatic rings. The molecule has 1 aromatic carbocycles. The van der Waals surface area contributed by atoms with Crippen molar-refractivity contribution in [3.63, 3.8) is 0 Å². The molecule has 0 N–H and O–H groups in total. The molecule has 0 radical (unpaired) electrons. The largest absolute Gasteiger partial charge is 0.456 e. The number of hydrogen-bond acceptors (Lipinski definition) is 5. The number of hydrogen-bond donors (Lipinski definition) is 0. The van der Waals surface area contributed by atoms with Gasteiger partial charge in [-0.2, -0.15) is 0 Å². The van der Waals surface area contributed by atoms with Gasteiger partial charge in [0, 0.05) is 42.4 Å². The Morgan fingerprint density at radius 2 is 2.05 bits per heavy atom. The van der Waals surface area contributed by atoms with Crippen molar-refractivity contribution in [1.82, 2.24) is 4.90 Å². The van der Waals surface area contributed by atoms with Crippen LogP contribution in [0.2, 0.25) is 0 Å². The van der Waals surface area contributed by atoms with Gasteiger partial charge in [0.05, 0.1) is 10.5 Å². The number of nitro benzene ring substituents is 1. The first-order valence-corrected chi connectivity index (χ1v) is 7.29. The standard InChI is InChI=1S/C16H14N2O4/c19-9-12-6-13(18(20)21)5-11-7-15(22-16(11)12)14-8-17-3-1-10(14)2-4-17/h5-10H,1-4H2. The Balaban J connectivity index is 1.87. The summed E-state index contributed by atoms with van der Waals surface area (Å²) in [5, 5.41) is 11.6. The molecular weight excluding hydrogens is 284 g/mol. The summed E-state index contributed by atoms with van der Waals surface area (Å²) in [6.07, 6.45) is 4.92. The average Bonchev–Trinajstić information content (AvgIpc) is 2.98. The maximum absolute atomic E-state index is 11.2. The molecule has 0 saturated carbocycles. The summed E-state index contributed by atoms with van der Waals surface area (Å²) in [5.74, 6) is 1.19. The van der Waals surface area contributed by atoms with Crippen LogP contribution in [-0.2, 0) is 0 Å². The van der Waals surface area contributed by atoms with E-state index >= 15 is 0 Å². The molecule has 0 aliphatic carbocycles. The second-order valence-electron chi connectivity index (χ2n) is 5.83. The van der Waals surface area contributed by atoms with Crippen molar-refractivity contribution in [3.05, 3.63) is 45.8 Å². The molecule has 0 unspecified atom stereocenters. The molecular formula is C16H14N2O4. The van der Waals surface area contributed by atoms with Gasteiger partial charge >= 0.3 is 0 Å². The van der Waals surface area contributed by atoms with E-state index in [2.05, 4.69) is 11.1 Å². The zero-order chi connectivity index (χ0) is 15.3. The van der Waals surface area contributed by atoms with Crippen molar-refractivity contribution >= 4 is 28.5 Å². The molecule has 22 heavy (non-hydrogen) atoms. The lowest BCUT2D eigenvalue weighted by atomic mass is 9.84. The molecule has 112 valence electrons. The molecule has 4 heterocycles. The lowest BCUT2D eigenvalue weighted by molar-refractivity contribution is -0.384. The van der Waals surface area contributed by atoms with E-state index in [4.69, 9.17) is 4.42 Å². The van der Waals surface area contributed by atoms with Crippen LogP contribution in [-0.4, -0.2) is 29.2 Å². The normalized spacial score (nSPS) is 17.8. The smallest absolute Gasteiger partial charge is 0.271 e. The van der Waals surface area contributed by atoms with E-state index in [-0.39, 0.29) is 11.3 Å². The highest BCUT2D eigenvalue weighted by Crippen LogP contribution is 2.40. The maximum atomic E-state index is 11.2. The molecule has 2 aromatic rings. The number of nitro groups is 1. The number of piperidine rings is 1. The third kappa shape index (κ3) is 1.91. The van der Waals surface area contributed by atoms with E-state index < -0.39 is 4.92 Å². The van der Waals surface area contributed by atoms with E-state index in [9.17, 15) is 14.9 Å². The Morgan fingerprint density at radius 3 is 2.64 bits per heavy atom. The summed E-state index contributed by atoms with van der Waals surface area (Å²) in [6.45, 7) is 2.14. The number of fused-ring (bicyclic) bond motifs is 3. The molecule has 5 rings (SSSR count). The van der Waals surface area contributed by atoms with Crippen LogP contribution in [0.5, 0.6) is 0 Å². The van der Waals surface area contributed by atoms with Crippen molar-refractivity contribution in [2.75, 3.05) is 13.1 Å². The Morgan fingerprint density at radius 1 is 1.27 bits per heavy atom. The molecule has 0 atom stereocenters. The Kier molecular flexibility index (Phi) is 2.79. The zero-order valence-corrected chi connectivity index (χ0v) is 11.8. The molecule has 1 saturated heterocycles. The molecule has 6 nitrogen and oxygen atoms in total. The summed E-state index contributed by atoms with van der Waals surface area (Å²) >= 11 is 0. The maximum Gasteiger partial charge on any atom is 0.271 e. The van der Waals surface area contributed by atoms with Crippen LogP contribution in [0.3, 0.4) is 0 Å². The number of aldehydes is 1. The number of furan rings is 1. The van der Waals surface area contributed by atoms with E-state index in [0.29, 0.717) is 28.9 Å². The van der Waals surface area contributed by atoms with Gasteiger partial charge in [-0.25, -0.2) is 0 Å². The highest BCUT2D eigenvalue weighted by molar-refractivity contribution is 5.97. The average molecular weight is 298 g/mol. The molecule has 1 aromatic heterocycles. The minimum Gasteiger partial charge on any atom is -0.456 e. The fraction of sp³-hybridized carbons (Fsp3) is 0.312. The predicted molar refractivity (Wildman–Crippen MR) is 80.5 cm³/mol. The van der Waals surface area contributed by atoms with E-state index in [0.717, 1.165) is 31.5 Å². The van der Waals surface area contributed by atoms with Crippen molar-refractivity contribution in [1.29, 1.82) is 0 Å². The number of benzene rings is 1. The van der Waals surface area contributed by atoms with Gasteiger partial charge in [0.15, 0.2) is 6.29 Å². The van der Waals surface area contributed by atoms with E-state index in [1.807, 2.05) is 6.07 Å². The molecule has 3 aliphatic heterocycles. The van der Waals surface area contributed by atoms with E-state index in [1.54, 1.807) is 0 Å². The third-order valence-electron chi connectivity index (χ3n) is 4.54. The lowest BCUT2D eigenvalue weighted by Gasteiger charge is -2.38. The number of allylic oxidation sites excluding steroid dienone is 1. The van der Waals surface area contributed by atoms with Gasteiger partial charge in [-0.1, -0.05) is 0 Å². The van der Waals surface area contributed by atoms with Gasteiger partial charge < -0.3 is 9.32 Å². The van der Waals surface area contributed by atoms with Crippen LogP contribution in [0.4, 0.5) is 5.69 Å². The summed E-state index contributed by atoms with van der Waals surface area (Å²) in [7, 11) is 0. The highest BCUT2D eigenvalue weighted by atomic mass is 16.6. The van der Waals surface area contributed by atoms with Crippen molar-refractivity contribution in [3.8, 4) is 0 Å². The van der Waals surface area contributed by atoms with Crippen LogP contribution in [0, 0.1) is 16.0 Å². The molecule has 2 bridgehead atoms. The molecule has 0 spiro atoms. The lowest BCUT2D eigenvalue weighted by Crippen LogP contribution is -2.35. The van der Waals surface area contributed by atoms with E-state index in [1.165, 1.54) is 12.1 Å². The van der Waals surface area contributed by atoms with Gasteiger partial charge in [-0.3, -0.25) is 14.9 Å². The monoisotopic (exact) mass is 298 g/mol. The summed E-state index contributed by atoms with van der Waals surface area (Å²) in [6, 6.07) is 4.52. The quantitative estimate of drug-likeness (QED) is 0.494. The minimum atomic E-state index is -0.493. The van der Waals surface area contributed by atoms with Crippen LogP contribution in [0.1, 0.15) is 29.0 Å². The third-order valence-corrected chi connectivity index (χ3v) is 4.54. The SMILES string of the molecule is O=Cc1cc([N+](=O)[O-])cc2cc(C3=CN4CCC3CC4)oc12. The van der Waals surface area contributed by atoms with Crippen LogP contribution < -0.4 is 0 Å². The van der Waals surface area contributed by atoms with Crippen LogP contribution >= 0.6 is 0 Å². The fourth-order valence-electron chi connectivity index (χ4n) is 3.41. The van der Waals surface area contributed by atoms with Gasteiger partial charge in [0.25, 0.3) is 5.69 Å². The minimum absolute atomic E-state index is 0.0927. The van der Waals surface area contributed by atoms with Crippen LogP contribution in [0.25, 0.3) is 16.5 Å². The second-order valence-corrected chi connectivity index (χ2v) is 5.83. The molecule has 6 heteroatoms. The Bertz CT molecular complexity index is 813. The first-order chi connectivity index (χ1) is 10.7. The predicted octanol–water partition coefficient (Wildman–Crippen LogP) is 3.22. The van der Waals surface area contributed by atoms with Crippen molar-refractivity contribution in [2.45, 2.75) is 12.8 Å². The Labute approximate surface area is 126 Å². The van der Waals surface area contributed by atoms with Gasteiger partial charge in [-0.05, 0) is 24.8 Å². The first kappa shape index (κ1) is 13.1.